The Hall–Kier alpha value is -2.76. The lowest BCUT2D eigenvalue weighted by molar-refractivity contribution is -0.128. The Balaban J connectivity index is 1.89. The van der Waals surface area contributed by atoms with Gasteiger partial charge in [-0.25, -0.2) is 0 Å². The molecular formula is C16H18N2O4. The molecule has 6 nitrogen and oxygen atoms in total. The minimum atomic E-state index is -0.752. The number of aryl methyl sites for hydroxylation is 1. The summed E-state index contributed by atoms with van der Waals surface area (Å²) in [6, 6.07) is 8.71. The van der Waals surface area contributed by atoms with Gasteiger partial charge in [0, 0.05) is 0 Å². The number of ether oxygens (including phenoxy) is 1. The van der Waals surface area contributed by atoms with Gasteiger partial charge in [0.05, 0.1) is 6.26 Å². The molecule has 0 bridgehead atoms. The van der Waals surface area contributed by atoms with Gasteiger partial charge in [0.15, 0.2) is 11.9 Å². The molecule has 2 N–H and O–H groups in total. The van der Waals surface area contributed by atoms with Gasteiger partial charge in [-0.3, -0.25) is 20.4 Å². The Morgan fingerprint density at radius 3 is 2.59 bits per heavy atom. The molecule has 2 aromatic rings. The third-order valence-electron chi connectivity index (χ3n) is 3.27. The van der Waals surface area contributed by atoms with Gasteiger partial charge in [-0.05, 0) is 50.1 Å². The summed E-state index contributed by atoms with van der Waals surface area (Å²) in [4.78, 5) is 23.6. The predicted molar refractivity (Wildman–Crippen MR) is 80.3 cm³/mol. The molecule has 1 aromatic carbocycles. The SMILES string of the molecule is Cc1cccc(O[C@@H](C)C(=O)NNC(=O)c2ccco2)c1C. The Labute approximate surface area is 128 Å². The highest BCUT2D eigenvalue weighted by atomic mass is 16.5. The lowest BCUT2D eigenvalue weighted by atomic mass is 10.1. The Bertz CT molecular complexity index is 665. The van der Waals surface area contributed by atoms with Crippen LogP contribution in [0.5, 0.6) is 5.75 Å². The van der Waals surface area contributed by atoms with Crippen LogP contribution in [0.2, 0.25) is 0 Å². The van der Waals surface area contributed by atoms with Crippen LogP contribution < -0.4 is 15.6 Å². The average molecular weight is 302 g/mol. The van der Waals surface area contributed by atoms with Crippen LogP contribution >= 0.6 is 0 Å². The Morgan fingerprint density at radius 2 is 1.91 bits per heavy atom. The number of nitrogens with one attached hydrogen (secondary N) is 2. The zero-order chi connectivity index (χ0) is 16.1. The highest BCUT2D eigenvalue weighted by Gasteiger charge is 2.17. The molecule has 0 radical (unpaired) electrons. The van der Waals surface area contributed by atoms with Crippen molar-refractivity contribution in [2.75, 3.05) is 0 Å². The number of carbonyl (C=O) groups is 2. The maximum atomic E-state index is 11.9. The number of hydrazine groups is 1. The summed E-state index contributed by atoms with van der Waals surface area (Å²) in [6.45, 7) is 5.50. The van der Waals surface area contributed by atoms with E-state index in [1.54, 1.807) is 19.1 Å². The molecule has 2 rings (SSSR count). The van der Waals surface area contributed by atoms with Crippen molar-refractivity contribution in [3.8, 4) is 5.75 Å². The number of carbonyl (C=O) groups excluding carboxylic acids is 2. The summed E-state index contributed by atoms with van der Waals surface area (Å²) < 4.78 is 10.5. The molecule has 0 saturated carbocycles. The number of benzene rings is 1. The smallest absolute Gasteiger partial charge is 0.305 e. The highest BCUT2D eigenvalue weighted by Crippen LogP contribution is 2.21. The number of furan rings is 1. The van der Waals surface area contributed by atoms with Crippen molar-refractivity contribution in [3.63, 3.8) is 0 Å². The molecule has 1 atom stereocenters. The maximum absolute atomic E-state index is 11.9. The summed E-state index contributed by atoms with van der Waals surface area (Å²) >= 11 is 0. The average Bonchev–Trinajstić information content (AvgIpc) is 3.03. The highest BCUT2D eigenvalue weighted by molar-refractivity contribution is 5.93. The van der Waals surface area contributed by atoms with Gasteiger partial charge in [0.1, 0.15) is 5.75 Å². The van der Waals surface area contributed by atoms with Gasteiger partial charge < -0.3 is 9.15 Å². The van der Waals surface area contributed by atoms with Crippen molar-refractivity contribution < 1.29 is 18.7 Å². The lowest BCUT2D eigenvalue weighted by Crippen LogP contribution is -2.47. The summed E-state index contributed by atoms with van der Waals surface area (Å²) in [5.74, 6) is -0.235. The van der Waals surface area contributed by atoms with E-state index in [9.17, 15) is 9.59 Å². The maximum Gasteiger partial charge on any atom is 0.305 e. The quantitative estimate of drug-likeness (QED) is 0.848. The number of hydrogen-bond acceptors (Lipinski definition) is 4. The van der Waals surface area contributed by atoms with Gasteiger partial charge in [-0.2, -0.15) is 0 Å². The minimum absolute atomic E-state index is 0.114. The molecule has 1 heterocycles. The van der Waals surface area contributed by atoms with Crippen molar-refractivity contribution in [1.82, 2.24) is 10.9 Å². The van der Waals surface area contributed by atoms with Crippen LogP contribution in [0.4, 0.5) is 0 Å². The third-order valence-corrected chi connectivity index (χ3v) is 3.27. The Morgan fingerprint density at radius 1 is 1.14 bits per heavy atom. The van der Waals surface area contributed by atoms with E-state index in [0.29, 0.717) is 5.75 Å². The zero-order valence-electron chi connectivity index (χ0n) is 12.7. The fourth-order valence-corrected chi connectivity index (χ4v) is 1.79. The number of rotatable bonds is 4. The van der Waals surface area contributed by atoms with E-state index in [-0.39, 0.29) is 5.76 Å². The van der Waals surface area contributed by atoms with Gasteiger partial charge >= 0.3 is 5.91 Å². The van der Waals surface area contributed by atoms with Crippen LogP contribution in [0.15, 0.2) is 41.0 Å². The predicted octanol–water partition coefficient (Wildman–Crippen LogP) is 2.12. The zero-order valence-corrected chi connectivity index (χ0v) is 12.7. The van der Waals surface area contributed by atoms with E-state index >= 15 is 0 Å². The monoisotopic (exact) mass is 302 g/mol. The summed E-state index contributed by atoms with van der Waals surface area (Å²) in [5, 5.41) is 0. The molecule has 0 spiro atoms. The second-order valence-corrected chi connectivity index (χ2v) is 4.88. The molecule has 0 aliphatic carbocycles. The molecule has 0 fully saturated rings. The van der Waals surface area contributed by atoms with Crippen LogP contribution in [-0.4, -0.2) is 17.9 Å². The van der Waals surface area contributed by atoms with Crippen LogP contribution in [-0.2, 0) is 4.79 Å². The molecule has 0 unspecified atom stereocenters. The molecule has 0 aliphatic rings. The van der Waals surface area contributed by atoms with Crippen molar-refractivity contribution in [2.24, 2.45) is 0 Å². The lowest BCUT2D eigenvalue weighted by Gasteiger charge is -2.17. The first-order valence-electron chi connectivity index (χ1n) is 6.85. The van der Waals surface area contributed by atoms with E-state index in [4.69, 9.17) is 9.15 Å². The molecule has 116 valence electrons. The first-order valence-corrected chi connectivity index (χ1v) is 6.85. The van der Waals surface area contributed by atoms with Crippen molar-refractivity contribution in [1.29, 1.82) is 0 Å². The van der Waals surface area contributed by atoms with Crippen LogP contribution in [0.25, 0.3) is 0 Å². The largest absolute Gasteiger partial charge is 0.481 e. The van der Waals surface area contributed by atoms with Crippen LogP contribution in [0, 0.1) is 13.8 Å². The Kier molecular flexibility index (Phi) is 4.83. The molecule has 0 saturated heterocycles. The minimum Gasteiger partial charge on any atom is -0.481 e. The number of amides is 2. The standard InChI is InChI=1S/C16H18N2O4/c1-10-6-4-7-13(11(10)2)22-12(3)15(19)17-18-16(20)14-8-5-9-21-14/h4-9,12H,1-3H3,(H,17,19)(H,18,20)/t12-/m0/s1. The van der Waals surface area contributed by atoms with E-state index in [1.165, 1.54) is 12.3 Å². The van der Waals surface area contributed by atoms with Gasteiger partial charge in [0.25, 0.3) is 5.91 Å². The molecule has 22 heavy (non-hydrogen) atoms. The molecule has 6 heteroatoms. The van der Waals surface area contributed by atoms with Gasteiger partial charge in [-0.1, -0.05) is 12.1 Å². The second-order valence-electron chi connectivity index (χ2n) is 4.88. The van der Waals surface area contributed by atoms with Gasteiger partial charge in [-0.15, -0.1) is 0 Å². The summed E-state index contributed by atoms with van der Waals surface area (Å²) in [7, 11) is 0. The van der Waals surface area contributed by atoms with Crippen LogP contribution in [0.3, 0.4) is 0 Å². The van der Waals surface area contributed by atoms with E-state index in [0.717, 1.165) is 11.1 Å². The normalized spacial score (nSPS) is 11.6. The fourth-order valence-electron chi connectivity index (χ4n) is 1.79. The molecule has 2 amide bonds. The van der Waals surface area contributed by atoms with Gasteiger partial charge in [0.2, 0.25) is 0 Å². The first-order chi connectivity index (χ1) is 10.5. The fraction of sp³-hybridized carbons (Fsp3) is 0.250. The molecule has 1 aromatic heterocycles. The van der Waals surface area contributed by atoms with Crippen molar-refractivity contribution in [3.05, 3.63) is 53.5 Å². The third kappa shape index (κ3) is 3.66. The summed E-state index contributed by atoms with van der Waals surface area (Å²) in [6.07, 6.45) is 0.626. The molecular weight excluding hydrogens is 284 g/mol. The van der Waals surface area contributed by atoms with Crippen molar-refractivity contribution >= 4 is 11.8 Å². The van der Waals surface area contributed by atoms with E-state index in [2.05, 4.69) is 10.9 Å². The molecule has 0 aliphatic heterocycles. The second kappa shape index (κ2) is 6.80. The van der Waals surface area contributed by atoms with Crippen molar-refractivity contribution in [2.45, 2.75) is 26.9 Å². The number of hydrogen-bond donors (Lipinski definition) is 2. The van der Waals surface area contributed by atoms with E-state index in [1.807, 2.05) is 26.0 Å². The topological polar surface area (TPSA) is 80.6 Å². The summed E-state index contributed by atoms with van der Waals surface area (Å²) in [5.41, 5.74) is 6.62. The van der Waals surface area contributed by atoms with Crippen LogP contribution in [0.1, 0.15) is 28.6 Å². The first kappa shape index (κ1) is 15.6. The van der Waals surface area contributed by atoms with E-state index < -0.39 is 17.9 Å².